The Morgan fingerprint density at radius 1 is 1.48 bits per heavy atom. The summed E-state index contributed by atoms with van der Waals surface area (Å²) in [5.41, 5.74) is 1.75. The zero-order valence-corrected chi connectivity index (χ0v) is 13.2. The highest BCUT2D eigenvalue weighted by molar-refractivity contribution is 7.08. The summed E-state index contributed by atoms with van der Waals surface area (Å²) in [5.74, 6) is -0.579. The number of nitrogens with one attached hydrogen (secondary N) is 1. The van der Waals surface area contributed by atoms with Crippen molar-refractivity contribution in [2.24, 2.45) is 0 Å². The predicted molar refractivity (Wildman–Crippen MR) is 86.0 cm³/mol. The zero-order chi connectivity index (χ0) is 16.4. The first-order valence-corrected chi connectivity index (χ1v) is 8.03. The first-order valence-electron chi connectivity index (χ1n) is 7.09. The number of thiophene rings is 1. The van der Waals surface area contributed by atoms with E-state index in [9.17, 15) is 14.0 Å². The molecule has 0 radical (unpaired) electrons. The van der Waals surface area contributed by atoms with Gasteiger partial charge in [0.05, 0.1) is 18.8 Å². The Hall–Kier alpha value is -2.41. The minimum Gasteiger partial charge on any atom is -0.442 e. The molecule has 0 spiro atoms. The minimum atomic E-state index is -0.539. The van der Waals surface area contributed by atoms with Crippen molar-refractivity contribution in [3.8, 4) is 11.1 Å². The van der Waals surface area contributed by atoms with E-state index < -0.39 is 12.2 Å². The van der Waals surface area contributed by atoms with E-state index in [1.807, 2.05) is 16.8 Å². The number of ether oxygens (including phenoxy) is 1. The molecule has 0 bridgehead atoms. The van der Waals surface area contributed by atoms with Crippen LogP contribution in [0.25, 0.3) is 11.1 Å². The summed E-state index contributed by atoms with van der Waals surface area (Å²) < 4.78 is 19.5. The number of amides is 2. The van der Waals surface area contributed by atoms with E-state index in [0.29, 0.717) is 11.3 Å². The Balaban J connectivity index is 1.76. The van der Waals surface area contributed by atoms with Gasteiger partial charge < -0.3 is 10.1 Å². The lowest BCUT2D eigenvalue weighted by Gasteiger charge is -2.14. The molecule has 1 aromatic carbocycles. The lowest BCUT2D eigenvalue weighted by molar-refractivity contribution is -0.119. The minimum absolute atomic E-state index is 0.189. The van der Waals surface area contributed by atoms with Crippen molar-refractivity contribution in [2.45, 2.75) is 13.0 Å². The van der Waals surface area contributed by atoms with Crippen molar-refractivity contribution in [1.29, 1.82) is 0 Å². The van der Waals surface area contributed by atoms with Crippen LogP contribution in [0, 0.1) is 5.82 Å². The molecular formula is C16H15FN2O3S. The summed E-state index contributed by atoms with van der Waals surface area (Å²) >= 11 is 1.50. The third kappa shape index (κ3) is 3.34. The van der Waals surface area contributed by atoms with Crippen LogP contribution in [0.5, 0.6) is 0 Å². The highest BCUT2D eigenvalue weighted by Gasteiger charge is 2.32. The topological polar surface area (TPSA) is 58.6 Å². The average molecular weight is 334 g/mol. The highest BCUT2D eigenvalue weighted by Crippen LogP contribution is 2.30. The van der Waals surface area contributed by atoms with Gasteiger partial charge in [-0.15, -0.1) is 0 Å². The predicted octanol–water partition coefficient (Wildman–Crippen LogP) is 3.02. The van der Waals surface area contributed by atoms with Gasteiger partial charge in [0.1, 0.15) is 11.9 Å². The van der Waals surface area contributed by atoms with E-state index >= 15 is 0 Å². The van der Waals surface area contributed by atoms with Crippen LogP contribution < -0.4 is 10.2 Å². The summed E-state index contributed by atoms with van der Waals surface area (Å²) in [5, 5.41) is 6.35. The normalized spacial score (nSPS) is 17.2. The van der Waals surface area contributed by atoms with E-state index in [1.165, 1.54) is 29.2 Å². The molecular weight excluding hydrogens is 319 g/mol. The molecule has 5 nitrogen and oxygen atoms in total. The lowest BCUT2D eigenvalue weighted by atomic mass is 10.1. The number of halogens is 1. The zero-order valence-electron chi connectivity index (χ0n) is 12.4. The molecule has 0 unspecified atom stereocenters. The van der Waals surface area contributed by atoms with Gasteiger partial charge in [-0.2, -0.15) is 11.3 Å². The molecule has 7 heteroatoms. The molecule has 0 aliphatic carbocycles. The molecule has 1 aromatic heterocycles. The van der Waals surface area contributed by atoms with Crippen molar-refractivity contribution in [2.75, 3.05) is 18.0 Å². The van der Waals surface area contributed by atoms with Crippen molar-refractivity contribution in [3.63, 3.8) is 0 Å². The number of rotatable bonds is 4. The van der Waals surface area contributed by atoms with Gasteiger partial charge in [-0.05, 0) is 40.6 Å². The van der Waals surface area contributed by atoms with Crippen LogP contribution >= 0.6 is 11.3 Å². The molecule has 23 heavy (non-hydrogen) atoms. The van der Waals surface area contributed by atoms with E-state index in [2.05, 4.69) is 5.32 Å². The Bertz CT molecular complexity index is 733. The molecule has 1 saturated heterocycles. The molecule has 1 aliphatic rings. The standard InChI is InChI=1S/C16H15FN2O3S/c1-10(20)18-7-13-8-19(16(21)22-13)12-2-3-14(15(17)6-12)11-4-5-23-9-11/h2-6,9,13H,7-8H2,1H3,(H,18,20)/t13-/m0/s1. The van der Waals surface area contributed by atoms with E-state index in [4.69, 9.17) is 4.74 Å². The summed E-state index contributed by atoms with van der Waals surface area (Å²) in [4.78, 5) is 24.2. The van der Waals surface area contributed by atoms with Crippen LogP contribution in [-0.4, -0.2) is 31.2 Å². The van der Waals surface area contributed by atoms with Crippen LogP contribution in [0.1, 0.15) is 6.92 Å². The van der Waals surface area contributed by atoms with E-state index in [-0.39, 0.29) is 24.8 Å². The maximum atomic E-state index is 14.3. The van der Waals surface area contributed by atoms with Crippen LogP contribution in [0.4, 0.5) is 14.9 Å². The number of carbonyl (C=O) groups excluding carboxylic acids is 2. The number of anilines is 1. The molecule has 3 rings (SSSR count). The maximum Gasteiger partial charge on any atom is 0.414 e. The Morgan fingerprint density at radius 2 is 2.30 bits per heavy atom. The Labute approximate surface area is 136 Å². The lowest BCUT2D eigenvalue weighted by Crippen LogP contribution is -2.33. The van der Waals surface area contributed by atoms with Crippen molar-refractivity contribution in [3.05, 3.63) is 40.8 Å². The van der Waals surface area contributed by atoms with Crippen molar-refractivity contribution >= 4 is 29.0 Å². The van der Waals surface area contributed by atoms with Gasteiger partial charge in [0, 0.05) is 12.5 Å². The Kier molecular flexibility index (Phi) is 4.29. The van der Waals surface area contributed by atoms with E-state index in [0.717, 1.165) is 5.56 Å². The molecule has 2 heterocycles. The van der Waals surface area contributed by atoms with Gasteiger partial charge >= 0.3 is 6.09 Å². The molecule has 1 aliphatic heterocycles. The fourth-order valence-electron chi connectivity index (χ4n) is 2.42. The highest BCUT2D eigenvalue weighted by atomic mass is 32.1. The van der Waals surface area contributed by atoms with Crippen LogP contribution in [-0.2, 0) is 9.53 Å². The number of hydrogen-bond acceptors (Lipinski definition) is 4. The van der Waals surface area contributed by atoms with Gasteiger partial charge in [-0.1, -0.05) is 0 Å². The number of hydrogen-bond donors (Lipinski definition) is 1. The van der Waals surface area contributed by atoms with Gasteiger partial charge in [0.25, 0.3) is 0 Å². The van der Waals surface area contributed by atoms with Crippen LogP contribution in [0.2, 0.25) is 0 Å². The summed E-state index contributed by atoms with van der Waals surface area (Å²) in [6.07, 6.45) is -0.978. The van der Waals surface area contributed by atoms with E-state index in [1.54, 1.807) is 12.1 Å². The van der Waals surface area contributed by atoms with Crippen molar-refractivity contribution in [1.82, 2.24) is 5.32 Å². The van der Waals surface area contributed by atoms with Gasteiger partial charge in [-0.25, -0.2) is 9.18 Å². The fraction of sp³-hybridized carbons (Fsp3) is 0.250. The quantitative estimate of drug-likeness (QED) is 0.935. The van der Waals surface area contributed by atoms with Crippen LogP contribution in [0.15, 0.2) is 35.0 Å². The molecule has 120 valence electrons. The monoisotopic (exact) mass is 334 g/mol. The molecule has 2 amide bonds. The molecule has 1 atom stereocenters. The number of nitrogens with zero attached hydrogens (tertiary/aromatic N) is 1. The molecule has 1 fully saturated rings. The second kappa shape index (κ2) is 6.37. The first kappa shape index (κ1) is 15.5. The van der Waals surface area contributed by atoms with Gasteiger partial charge in [0.2, 0.25) is 5.91 Å². The summed E-state index contributed by atoms with van der Waals surface area (Å²) in [6.45, 7) is 1.91. The Morgan fingerprint density at radius 3 is 2.96 bits per heavy atom. The summed E-state index contributed by atoms with van der Waals surface area (Å²) in [6, 6.07) is 6.52. The van der Waals surface area contributed by atoms with Crippen molar-refractivity contribution < 1.29 is 18.7 Å². The second-order valence-corrected chi connectivity index (χ2v) is 6.01. The second-order valence-electron chi connectivity index (χ2n) is 5.23. The van der Waals surface area contributed by atoms with Gasteiger partial charge in [-0.3, -0.25) is 9.69 Å². The number of cyclic esters (lactones) is 1. The molecule has 2 aromatic rings. The average Bonchev–Trinajstić information content (AvgIpc) is 3.14. The molecule has 0 saturated carbocycles. The van der Waals surface area contributed by atoms with Crippen LogP contribution in [0.3, 0.4) is 0 Å². The number of benzene rings is 1. The smallest absolute Gasteiger partial charge is 0.414 e. The van der Waals surface area contributed by atoms with Gasteiger partial charge in [0.15, 0.2) is 0 Å². The first-order chi connectivity index (χ1) is 11.0. The summed E-state index contributed by atoms with van der Waals surface area (Å²) in [7, 11) is 0. The largest absolute Gasteiger partial charge is 0.442 e. The maximum absolute atomic E-state index is 14.3. The molecule has 1 N–H and O–H groups in total. The SMILES string of the molecule is CC(=O)NC[C@H]1CN(c2ccc(-c3ccsc3)c(F)c2)C(=O)O1. The third-order valence-electron chi connectivity index (χ3n) is 3.55. The number of carbonyl (C=O) groups is 2. The fourth-order valence-corrected chi connectivity index (χ4v) is 3.08. The third-order valence-corrected chi connectivity index (χ3v) is 4.23.